The molecule has 0 aliphatic rings. The molecule has 6 nitrogen and oxygen atoms in total. The fraction of sp³-hybridized carbons (Fsp3) is 0.556. The minimum Gasteiger partial charge on any atom is -0.394 e. The molecular formula is C18H28N4O2. The Morgan fingerprint density at radius 1 is 1.21 bits per heavy atom. The van der Waals surface area contributed by atoms with Crippen molar-refractivity contribution in [3.8, 4) is 0 Å². The molecule has 0 bridgehead atoms. The number of para-hydroxylation sites is 2. The Morgan fingerprint density at radius 3 is 2.50 bits per heavy atom. The Balaban J connectivity index is 2.09. The molecule has 0 saturated carbocycles. The van der Waals surface area contributed by atoms with Gasteiger partial charge < -0.3 is 20.7 Å². The first kappa shape index (κ1) is 18.3. The molecule has 6 heteroatoms. The maximum atomic E-state index is 12.3. The topological polar surface area (TPSA) is 90.0 Å². The van der Waals surface area contributed by atoms with Crippen LogP contribution in [-0.4, -0.2) is 33.8 Å². The third-order valence-corrected chi connectivity index (χ3v) is 3.97. The molecule has 0 aliphatic carbocycles. The van der Waals surface area contributed by atoms with Crippen molar-refractivity contribution >= 4 is 17.1 Å². The van der Waals surface area contributed by atoms with Crippen molar-refractivity contribution in [1.82, 2.24) is 20.6 Å². The van der Waals surface area contributed by atoms with E-state index in [1.54, 1.807) is 0 Å². The molecule has 2 aromatic rings. The van der Waals surface area contributed by atoms with Gasteiger partial charge in [0.05, 0.1) is 29.7 Å². The Labute approximate surface area is 143 Å². The van der Waals surface area contributed by atoms with Crippen molar-refractivity contribution in [2.75, 3.05) is 6.61 Å². The van der Waals surface area contributed by atoms with E-state index < -0.39 is 0 Å². The number of carbonyl (C=O) groups excluding carboxylic acids is 1. The lowest BCUT2D eigenvalue weighted by Crippen LogP contribution is -2.46. The van der Waals surface area contributed by atoms with Crippen LogP contribution in [0.3, 0.4) is 0 Å². The van der Waals surface area contributed by atoms with Crippen LogP contribution in [0.2, 0.25) is 0 Å². The number of benzene rings is 1. The van der Waals surface area contributed by atoms with Crippen molar-refractivity contribution in [3.05, 3.63) is 30.1 Å². The largest absolute Gasteiger partial charge is 0.394 e. The lowest BCUT2D eigenvalue weighted by atomic mass is 10.0. The van der Waals surface area contributed by atoms with Gasteiger partial charge in [-0.25, -0.2) is 9.78 Å². The van der Waals surface area contributed by atoms with Crippen molar-refractivity contribution < 1.29 is 9.90 Å². The highest BCUT2D eigenvalue weighted by molar-refractivity contribution is 5.76. The van der Waals surface area contributed by atoms with Crippen LogP contribution in [-0.2, 0) is 0 Å². The second kappa shape index (κ2) is 8.15. The van der Waals surface area contributed by atoms with Crippen molar-refractivity contribution in [3.63, 3.8) is 0 Å². The summed E-state index contributed by atoms with van der Waals surface area (Å²) in [7, 11) is 0. The van der Waals surface area contributed by atoms with Crippen LogP contribution in [0.25, 0.3) is 11.0 Å². The Kier molecular flexibility index (Phi) is 6.20. The van der Waals surface area contributed by atoms with Crippen LogP contribution >= 0.6 is 0 Å². The molecule has 1 heterocycles. The van der Waals surface area contributed by atoms with Crippen LogP contribution in [0.1, 0.15) is 46.0 Å². The predicted molar refractivity (Wildman–Crippen MR) is 95.7 cm³/mol. The molecule has 0 fully saturated rings. The van der Waals surface area contributed by atoms with Gasteiger partial charge in [-0.1, -0.05) is 39.8 Å². The van der Waals surface area contributed by atoms with Crippen molar-refractivity contribution in [2.24, 2.45) is 11.8 Å². The number of nitrogens with one attached hydrogen (secondary N) is 3. The van der Waals surface area contributed by atoms with E-state index in [2.05, 4.69) is 34.4 Å². The number of rotatable bonds is 7. The van der Waals surface area contributed by atoms with Gasteiger partial charge in [0.15, 0.2) is 0 Å². The number of nitrogens with zero attached hydrogens (tertiary/aromatic N) is 1. The van der Waals surface area contributed by atoms with Crippen LogP contribution < -0.4 is 10.6 Å². The molecule has 0 aliphatic heterocycles. The lowest BCUT2D eigenvalue weighted by Gasteiger charge is -2.23. The monoisotopic (exact) mass is 332 g/mol. The molecule has 2 unspecified atom stereocenters. The summed E-state index contributed by atoms with van der Waals surface area (Å²) < 4.78 is 0. The second-order valence-electron chi connectivity index (χ2n) is 6.99. The summed E-state index contributed by atoms with van der Waals surface area (Å²) in [5, 5.41) is 15.2. The van der Waals surface area contributed by atoms with E-state index in [1.165, 1.54) is 0 Å². The molecule has 1 aromatic heterocycles. The first-order chi connectivity index (χ1) is 11.4. The average molecular weight is 332 g/mol. The van der Waals surface area contributed by atoms with Crippen molar-refractivity contribution in [2.45, 2.75) is 46.2 Å². The zero-order chi connectivity index (χ0) is 17.7. The number of aliphatic hydroxyl groups excluding tert-OH is 1. The first-order valence-corrected chi connectivity index (χ1v) is 8.53. The highest BCUT2D eigenvalue weighted by atomic mass is 16.3. The fourth-order valence-electron chi connectivity index (χ4n) is 2.79. The normalized spacial score (nSPS) is 14.1. The number of urea groups is 1. The Morgan fingerprint density at radius 2 is 1.92 bits per heavy atom. The predicted octanol–water partition coefficient (Wildman–Crippen LogP) is 2.97. The quantitative estimate of drug-likeness (QED) is 0.628. The third-order valence-electron chi connectivity index (χ3n) is 3.97. The zero-order valence-corrected chi connectivity index (χ0v) is 14.8. The molecule has 1 aromatic carbocycles. The molecule has 2 rings (SSSR count). The van der Waals surface area contributed by atoms with Gasteiger partial charge in [-0.05, 0) is 30.4 Å². The van der Waals surface area contributed by atoms with Gasteiger partial charge in [0.1, 0.15) is 5.82 Å². The van der Waals surface area contributed by atoms with Gasteiger partial charge in [0.25, 0.3) is 0 Å². The van der Waals surface area contributed by atoms with Crippen molar-refractivity contribution in [1.29, 1.82) is 0 Å². The summed E-state index contributed by atoms with van der Waals surface area (Å²) in [6, 6.07) is 7.05. The average Bonchev–Trinajstić information content (AvgIpc) is 2.94. The number of H-pyrrole nitrogens is 1. The second-order valence-corrected chi connectivity index (χ2v) is 6.99. The van der Waals surface area contributed by atoms with Gasteiger partial charge in [0.2, 0.25) is 0 Å². The third kappa shape index (κ3) is 4.71. The van der Waals surface area contributed by atoms with E-state index in [-0.39, 0.29) is 30.6 Å². The SMILES string of the molecule is CC(C)CC(CO)NC(=O)NC(c1nc2ccccc2[nH]1)C(C)C. The molecule has 2 amide bonds. The van der Waals surface area contributed by atoms with Gasteiger partial charge in [0, 0.05) is 0 Å². The first-order valence-electron chi connectivity index (χ1n) is 8.53. The molecule has 132 valence electrons. The van der Waals surface area contributed by atoms with Gasteiger partial charge in [-0.2, -0.15) is 0 Å². The maximum Gasteiger partial charge on any atom is 0.315 e. The molecule has 0 radical (unpaired) electrons. The number of carbonyl (C=O) groups is 1. The van der Waals surface area contributed by atoms with Gasteiger partial charge in [-0.15, -0.1) is 0 Å². The van der Waals surface area contributed by atoms with Crippen LogP contribution in [0, 0.1) is 11.8 Å². The molecule has 0 saturated heterocycles. The minimum absolute atomic E-state index is 0.0669. The van der Waals surface area contributed by atoms with E-state index in [0.29, 0.717) is 5.92 Å². The highest BCUT2D eigenvalue weighted by Gasteiger charge is 2.23. The summed E-state index contributed by atoms with van der Waals surface area (Å²) in [4.78, 5) is 20.2. The number of fused-ring (bicyclic) bond motifs is 1. The molecule has 0 spiro atoms. The van der Waals surface area contributed by atoms with E-state index in [0.717, 1.165) is 23.3 Å². The maximum absolute atomic E-state index is 12.3. The van der Waals surface area contributed by atoms with Crippen LogP contribution in [0.4, 0.5) is 4.79 Å². The lowest BCUT2D eigenvalue weighted by molar-refractivity contribution is 0.202. The van der Waals surface area contributed by atoms with Crippen LogP contribution in [0.5, 0.6) is 0 Å². The minimum atomic E-state index is -0.283. The number of aliphatic hydroxyl groups is 1. The fourth-order valence-corrected chi connectivity index (χ4v) is 2.79. The summed E-state index contributed by atoms with van der Waals surface area (Å²) in [5.41, 5.74) is 1.84. The number of hydrogen-bond donors (Lipinski definition) is 4. The van der Waals surface area contributed by atoms with E-state index >= 15 is 0 Å². The number of aromatic amines is 1. The zero-order valence-electron chi connectivity index (χ0n) is 14.8. The molecule has 24 heavy (non-hydrogen) atoms. The molecule has 2 atom stereocenters. The van der Waals surface area contributed by atoms with Gasteiger partial charge in [-0.3, -0.25) is 0 Å². The molecular weight excluding hydrogens is 304 g/mol. The van der Waals surface area contributed by atoms with E-state index in [4.69, 9.17) is 0 Å². The highest BCUT2D eigenvalue weighted by Crippen LogP contribution is 2.22. The Hall–Kier alpha value is -2.08. The molecule has 4 N–H and O–H groups in total. The summed E-state index contributed by atoms with van der Waals surface area (Å²) in [6.45, 7) is 8.13. The number of imidazole rings is 1. The number of amides is 2. The number of hydrogen-bond acceptors (Lipinski definition) is 3. The number of aromatic nitrogens is 2. The van der Waals surface area contributed by atoms with E-state index in [1.807, 2.05) is 38.1 Å². The smallest absolute Gasteiger partial charge is 0.315 e. The van der Waals surface area contributed by atoms with Crippen LogP contribution in [0.15, 0.2) is 24.3 Å². The summed E-state index contributed by atoms with van der Waals surface area (Å²) >= 11 is 0. The van der Waals surface area contributed by atoms with Gasteiger partial charge >= 0.3 is 6.03 Å². The summed E-state index contributed by atoms with van der Waals surface area (Å²) in [5.74, 6) is 1.32. The summed E-state index contributed by atoms with van der Waals surface area (Å²) in [6.07, 6.45) is 0.737. The standard InChI is InChI=1S/C18H28N4O2/c1-11(2)9-13(10-23)19-18(24)22-16(12(3)4)17-20-14-7-5-6-8-15(14)21-17/h5-8,11-13,16,23H,9-10H2,1-4H3,(H,20,21)(H2,19,22,24). The Bertz CT molecular complexity index is 633. The van der Waals surface area contributed by atoms with E-state index in [9.17, 15) is 9.90 Å².